The minimum Gasteiger partial charge on any atom is -0.341 e. The monoisotopic (exact) mass is 367 g/mol. The van der Waals surface area contributed by atoms with Gasteiger partial charge in [0.2, 0.25) is 0 Å². The summed E-state index contributed by atoms with van der Waals surface area (Å²) in [7, 11) is 0. The van der Waals surface area contributed by atoms with Crippen LogP contribution in [0.2, 0.25) is 0 Å². The van der Waals surface area contributed by atoms with E-state index in [1.54, 1.807) is 6.07 Å². The van der Waals surface area contributed by atoms with Crippen molar-refractivity contribution in [2.75, 3.05) is 5.32 Å². The van der Waals surface area contributed by atoms with Crippen LogP contribution in [0.4, 0.5) is 11.5 Å². The lowest BCUT2D eigenvalue weighted by molar-refractivity contribution is 1.05. The molecule has 0 atom stereocenters. The molecular weight excluding hydrogens is 346 g/mol. The third kappa shape index (κ3) is 3.32. The second kappa shape index (κ2) is 7.53. The van der Waals surface area contributed by atoms with Crippen LogP contribution in [0.15, 0.2) is 83.7 Å². The number of nitrogens with zero attached hydrogens (tertiary/aromatic N) is 2. The molecule has 4 heteroatoms. The van der Waals surface area contributed by atoms with Gasteiger partial charge in [0.05, 0.1) is 5.39 Å². The summed E-state index contributed by atoms with van der Waals surface area (Å²) in [6.07, 6.45) is 3.93. The quantitative estimate of drug-likeness (QED) is 0.520. The van der Waals surface area contributed by atoms with E-state index in [0.717, 1.165) is 22.6 Å². The van der Waals surface area contributed by atoms with Gasteiger partial charge in [-0.3, -0.25) is 9.36 Å². The van der Waals surface area contributed by atoms with Gasteiger partial charge in [0.1, 0.15) is 11.5 Å². The molecule has 0 bridgehead atoms. The molecule has 28 heavy (non-hydrogen) atoms. The number of rotatable bonds is 4. The van der Waals surface area contributed by atoms with Crippen molar-refractivity contribution < 1.29 is 0 Å². The van der Waals surface area contributed by atoms with Crippen LogP contribution in [-0.2, 0) is 0 Å². The molecule has 0 amide bonds. The summed E-state index contributed by atoms with van der Waals surface area (Å²) >= 11 is 0. The highest BCUT2D eigenvalue weighted by Crippen LogP contribution is 2.25. The van der Waals surface area contributed by atoms with Gasteiger partial charge in [0.25, 0.3) is 0 Å². The van der Waals surface area contributed by atoms with Gasteiger partial charge < -0.3 is 5.32 Å². The van der Waals surface area contributed by atoms with E-state index >= 15 is 0 Å². The van der Waals surface area contributed by atoms with Crippen LogP contribution < -0.4 is 10.7 Å². The predicted molar refractivity (Wildman–Crippen MR) is 117 cm³/mol. The SMILES string of the molecule is C/C=C/c1cc2c(=O)cc(Nc3ccccc3)n(-c3ccccc3)c2nc1C. The Morgan fingerprint density at radius 1 is 0.964 bits per heavy atom. The Morgan fingerprint density at radius 3 is 2.32 bits per heavy atom. The molecule has 2 aromatic carbocycles. The number of para-hydroxylation sites is 2. The smallest absolute Gasteiger partial charge is 0.193 e. The fraction of sp³-hybridized carbons (Fsp3) is 0.0833. The number of hydrogen-bond acceptors (Lipinski definition) is 3. The Labute approximate surface area is 163 Å². The Morgan fingerprint density at radius 2 is 1.64 bits per heavy atom. The van der Waals surface area contributed by atoms with Gasteiger partial charge >= 0.3 is 0 Å². The molecule has 4 nitrogen and oxygen atoms in total. The number of pyridine rings is 2. The average molecular weight is 367 g/mol. The zero-order valence-electron chi connectivity index (χ0n) is 15.9. The van der Waals surface area contributed by atoms with E-state index in [0.29, 0.717) is 16.9 Å². The number of hydrogen-bond donors (Lipinski definition) is 1. The second-order valence-electron chi connectivity index (χ2n) is 6.59. The summed E-state index contributed by atoms with van der Waals surface area (Å²) < 4.78 is 2.00. The van der Waals surface area contributed by atoms with Gasteiger partial charge in [-0.15, -0.1) is 0 Å². The molecule has 0 aliphatic carbocycles. The normalized spacial score (nSPS) is 11.2. The van der Waals surface area contributed by atoms with Crippen LogP contribution in [0.1, 0.15) is 18.2 Å². The highest BCUT2D eigenvalue weighted by molar-refractivity contribution is 5.83. The van der Waals surface area contributed by atoms with Crippen molar-refractivity contribution in [2.24, 2.45) is 0 Å². The van der Waals surface area contributed by atoms with E-state index in [1.165, 1.54) is 0 Å². The largest absolute Gasteiger partial charge is 0.341 e. The number of benzene rings is 2. The van der Waals surface area contributed by atoms with Crippen LogP contribution in [0, 0.1) is 6.92 Å². The highest BCUT2D eigenvalue weighted by Gasteiger charge is 2.14. The molecule has 0 saturated carbocycles. The van der Waals surface area contributed by atoms with Gasteiger partial charge in [-0.1, -0.05) is 48.6 Å². The number of allylic oxidation sites excluding steroid dienone is 1. The minimum atomic E-state index is -0.0566. The fourth-order valence-corrected chi connectivity index (χ4v) is 3.29. The third-order valence-corrected chi connectivity index (χ3v) is 4.62. The molecule has 0 saturated heterocycles. The van der Waals surface area contributed by atoms with Crippen molar-refractivity contribution in [1.29, 1.82) is 0 Å². The molecule has 2 aromatic heterocycles. The van der Waals surface area contributed by atoms with Crippen molar-refractivity contribution in [2.45, 2.75) is 13.8 Å². The molecule has 0 unspecified atom stereocenters. The van der Waals surface area contributed by atoms with Gasteiger partial charge in [-0.2, -0.15) is 0 Å². The fourth-order valence-electron chi connectivity index (χ4n) is 3.29. The Balaban J connectivity index is 2.03. The van der Waals surface area contributed by atoms with Gasteiger partial charge in [-0.25, -0.2) is 4.98 Å². The summed E-state index contributed by atoms with van der Waals surface area (Å²) in [6, 6.07) is 23.3. The molecule has 0 spiro atoms. The van der Waals surface area contributed by atoms with Crippen LogP contribution in [0.5, 0.6) is 0 Å². The van der Waals surface area contributed by atoms with Crippen LogP contribution in [-0.4, -0.2) is 9.55 Å². The van der Waals surface area contributed by atoms with E-state index in [4.69, 9.17) is 4.98 Å². The maximum absolute atomic E-state index is 12.9. The second-order valence-corrected chi connectivity index (χ2v) is 6.59. The number of aromatic nitrogens is 2. The first kappa shape index (κ1) is 17.7. The molecule has 0 fully saturated rings. The zero-order valence-corrected chi connectivity index (χ0v) is 15.9. The average Bonchev–Trinajstić information content (AvgIpc) is 2.71. The van der Waals surface area contributed by atoms with E-state index in [1.807, 2.05) is 97.3 Å². The van der Waals surface area contributed by atoms with Crippen molar-refractivity contribution >= 4 is 28.6 Å². The van der Waals surface area contributed by atoms with Crippen molar-refractivity contribution in [3.8, 4) is 5.69 Å². The third-order valence-electron chi connectivity index (χ3n) is 4.62. The minimum absolute atomic E-state index is 0.0566. The molecule has 4 aromatic rings. The van der Waals surface area contributed by atoms with Crippen LogP contribution >= 0.6 is 0 Å². The topological polar surface area (TPSA) is 46.9 Å². The summed E-state index contributed by atoms with van der Waals surface area (Å²) in [6.45, 7) is 3.92. The van der Waals surface area contributed by atoms with E-state index < -0.39 is 0 Å². The maximum atomic E-state index is 12.9. The standard InChI is InChI=1S/C24H21N3O/c1-3-10-18-15-21-22(28)16-23(26-19-11-6-4-7-12-19)27(24(21)25-17(18)2)20-13-8-5-9-14-20/h3-16,26H,1-2H3/b10-3+. The van der Waals surface area contributed by atoms with E-state index in [-0.39, 0.29) is 5.43 Å². The predicted octanol–water partition coefficient (Wildman–Crippen LogP) is 5.47. The summed E-state index contributed by atoms with van der Waals surface area (Å²) in [5.74, 6) is 0.681. The first-order valence-corrected chi connectivity index (χ1v) is 9.25. The van der Waals surface area contributed by atoms with Crippen molar-refractivity contribution in [3.05, 3.63) is 100 Å². The molecule has 4 rings (SSSR count). The van der Waals surface area contributed by atoms with Crippen molar-refractivity contribution in [3.63, 3.8) is 0 Å². The van der Waals surface area contributed by atoms with E-state index in [2.05, 4.69) is 5.32 Å². The van der Waals surface area contributed by atoms with Crippen LogP contribution in [0.3, 0.4) is 0 Å². The molecule has 1 N–H and O–H groups in total. The number of nitrogens with one attached hydrogen (secondary N) is 1. The molecule has 0 radical (unpaired) electrons. The van der Waals surface area contributed by atoms with Gasteiger partial charge in [0.15, 0.2) is 5.43 Å². The van der Waals surface area contributed by atoms with Gasteiger partial charge in [-0.05, 0) is 49.7 Å². The number of fused-ring (bicyclic) bond motifs is 1. The Bertz CT molecular complexity index is 1210. The zero-order chi connectivity index (χ0) is 19.5. The Hall–Kier alpha value is -3.66. The molecule has 138 valence electrons. The lowest BCUT2D eigenvalue weighted by Gasteiger charge is -2.18. The first-order valence-electron chi connectivity index (χ1n) is 9.25. The molecule has 0 aliphatic heterocycles. The number of anilines is 2. The summed E-state index contributed by atoms with van der Waals surface area (Å²) in [4.78, 5) is 17.7. The summed E-state index contributed by atoms with van der Waals surface area (Å²) in [5.41, 5.74) is 4.27. The highest BCUT2D eigenvalue weighted by atomic mass is 16.1. The molecule has 0 aliphatic rings. The summed E-state index contributed by atoms with van der Waals surface area (Å²) in [5, 5.41) is 3.97. The van der Waals surface area contributed by atoms with E-state index in [9.17, 15) is 4.79 Å². The number of aryl methyl sites for hydroxylation is 1. The lowest BCUT2D eigenvalue weighted by Crippen LogP contribution is -2.14. The van der Waals surface area contributed by atoms with Gasteiger partial charge in [0, 0.05) is 23.1 Å². The van der Waals surface area contributed by atoms with Crippen LogP contribution in [0.25, 0.3) is 22.8 Å². The first-order chi connectivity index (χ1) is 13.7. The van der Waals surface area contributed by atoms with Crippen molar-refractivity contribution in [1.82, 2.24) is 9.55 Å². The lowest BCUT2D eigenvalue weighted by atomic mass is 10.1. The Kier molecular flexibility index (Phi) is 4.77. The molecular formula is C24H21N3O. The maximum Gasteiger partial charge on any atom is 0.193 e. The molecule has 2 heterocycles.